The number of pyridine rings is 3. The average molecular weight is 571 g/mol. The van der Waals surface area contributed by atoms with Gasteiger partial charge in [0.25, 0.3) is 0 Å². The van der Waals surface area contributed by atoms with E-state index in [1.165, 1.54) is 18.2 Å². The highest BCUT2D eigenvalue weighted by molar-refractivity contribution is 5.85. The number of carbonyl (C=O) groups is 1. The molecule has 2 bridgehead atoms. The Morgan fingerprint density at radius 1 is 1.19 bits per heavy atom. The van der Waals surface area contributed by atoms with Crippen LogP contribution in [0.25, 0.3) is 16.6 Å². The first-order chi connectivity index (χ1) is 20.4. The normalized spacial score (nSPS) is 18.6. The van der Waals surface area contributed by atoms with Crippen LogP contribution < -0.4 is 19.7 Å². The molecule has 3 saturated heterocycles. The fourth-order valence-corrected chi connectivity index (χ4v) is 5.64. The van der Waals surface area contributed by atoms with Gasteiger partial charge in [-0.3, -0.25) is 4.90 Å². The van der Waals surface area contributed by atoms with Gasteiger partial charge in [-0.2, -0.15) is 10.4 Å². The number of aliphatic hydroxyl groups is 1. The van der Waals surface area contributed by atoms with Crippen molar-refractivity contribution < 1.29 is 24.5 Å². The van der Waals surface area contributed by atoms with Crippen LogP contribution in [0.15, 0.2) is 55.1 Å². The minimum absolute atomic E-state index is 0.127. The number of nitrogens with zero attached hydrogens (tertiary/aromatic N) is 7. The number of fused-ring (bicyclic) bond motifs is 3. The lowest BCUT2D eigenvalue weighted by Gasteiger charge is -2.56. The number of rotatable bonds is 10. The number of anilines is 1. The molecule has 0 aromatic carbocycles. The van der Waals surface area contributed by atoms with Crippen LogP contribution >= 0.6 is 0 Å². The second-order valence-corrected chi connectivity index (χ2v) is 10.4. The fourth-order valence-electron chi connectivity index (χ4n) is 5.64. The smallest absolute Gasteiger partial charge is 0.404 e. The molecule has 13 nitrogen and oxygen atoms in total. The third-order valence-corrected chi connectivity index (χ3v) is 7.74. The van der Waals surface area contributed by atoms with Crippen molar-refractivity contribution in [3.05, 3.63) is 66.2 Å². The zero-order valence-corrected chi connectivity index (χ0v) is 22.9. The number of carboxylic acid groups (broad SMARTS) is 1. The van der Waals surface area contributed by atoms with Crippen LogP contribution in [0, 0.1) is 11.3 Å². The molecule has 7 heterocycles. The number of hydrogen-bond donors (Lipinski definition) is 3. The number of ether oxygens (including phenoxy) is 2. The summed E-state index contributed by atoms with van der Waals surface area (Å²) in [7, 11) is 1.62. The molecule has 0 saturated carbocycles. The largest absolute Gasteiger partial charge is 0.489 e. The number of nitriles is 1. The summed E-state index contributed by atoms with van der Waals surface area (Å²) in [5.41, 5.74) is 3.70. The van der Waals surface area contributed by atoms with Gasteiger partial charge < -0.3 is 29.9 Å². The zero-order chi connectivity index (χ0) is 29.2. The standard InChI is InChI=1S/C29H30N8O5/c1-41-27-5-2-18(9-32-27)13-36-21-6-22(36)15-35(14-21)26-4-3-19(10-31-26)25-7-24(42-17-23(38)12-33-29(39)40)16-37-28(25)20(8-30)11-34-37/h2-5,7,9-11,16,21-23,33,38H,6,12-15,17H2,1H3,(H,39,40)/t21?,22?,23-/m1/s1. The molecule has 13 heteroatoms. The summed E-state index contributed by atoms with van der Waals surface area (Å²) in [6.45, 7) is 2.35. The first kappa shape index (κ1) is 27.3. The number of hydrogen-bond acceptors (Lipinski definition) is 10. The van der Waals surface area contributed by atoms with E-state index in [0.717, 1.165) is 31.0 Å². The minimum Gasteiger partial charge on any atom is -0.489 e. The Balaban J connectivity index is 1.16. The summed E-state index contributed by atoms with van der Waals surface area (Å²) in [5, 5.41) is 34.9. The molecule has 3 fully saturated rings. The predicted octanol–water partition coefficient (Wildman–Crippen LogP) is 2.14. The molecular weight excluding hydrogens is 540 g/mol. The van der Waals surface area contributed by atoms with E-state index in [-0.39, 0.29) is 13.2 Å². The Labute approximate surface area is 241 Å². The Bertz CT molecular complexity index is 1610. The van der Waals surface area contributed by atoms with Gasteiger partial charge >= 0.3 is 6.09 Å². The lowest BCUT2D eigenvalue weighted by atomic mass is 9.87. The lowest BCUT2D eigenvalue weighted by Crippen LogP contribution is -2.68. The Morgan fingerprint density at radius 3 is 2.69 bits per heavy atom. The summed E-state index contributed by atoms with van der Waals surface area (Å²) in [6.07, 6.45) is 5.68. The molecule has 0 spiro atoms. The van der Waals surface area contributed by atoms with Crippen LogP contribution in [0.1, 0.15) is 17.5 Å². The summed E-state index contributed by atoms with van der Waals surface area (Å²) >= 11 is 0. The van der Waals surface area contributed by atoms with E-state index >= 15 is 0 Å². The van der Waals surface area contributed by atoms with E-state index in [2.05, 4.69) is 37.3 Å². The summed E-state index contributed by atoms with van der Waals surface area (Å²) in [4.78, 5) is 24.6. The van der Waals surface area contributed by atoms with E-state index in [1.807, 2.05) is 24.4 Å². The molecule has 3 atom stereocenters. The van der Waals surface area contributed by atoms with Gasteiger partial charge in [0.1, 0.15) is 30.3 Å². The van der Waals surface area contributed by atoms with Crippen LogP contribution in [0.4, 0.5) is 10.6 Å². The van der Waals surface area contributed by atoms with E-state index in [9.17, 15) is 15.2 Å². The molecular formula is C29H30N8O5. The van der Waals surface area contributed by atoms with E-state index in [0.29, 0.717) is 40.4 Å². The average Bonchev–Trinajstić information content (AvgIpc) is 3.44. The van der Waals surface area contributed by atoms with E-state index in [4.69, 9.17) is 19.6 Å². The van der Waals surface area contributed by atoms with Gasteiger partial charge in [0.05, 0.1) is 37.1 Å². The van der Waals surface area contributed by atoms with Crippen molar-refractivity contribution in [2.24, 2.45) is 0 Å². The molecule has 4 aromatic heterocycles. The maximum atomic E-state index is 10.7. The van der Waals surface area contributed by atoms with Crippen molar-refractivity contribution in [2.45, 2.75) is 31.2 Å². The molecule has 216 valence electrons. The number of piperidine rings is 1. The molecule has 2 unspecified atom stereocenters. The van der Waals surface area contributed by atoms with E-state index in [1.54, 1.807) is 30.1 Å². The highest BCUT2D eigenvalue weighted by atomic mass is 16.5. The molecule has 3 N–H and O–H groups in total. The highest BCUT2D eigenvalue weighted by Gasteiger charge is 2.44. The quantitative estimate of drug-likeness (QED) is 0.256. The van der Waals surface area contributed by atoms with Crippen LogP contribution in [0.5, 0.6) is 11.6 Å². The van der Waals surface area contributed by atoms with Gasteiger partial charge in [0.15, 0.2) is 0 Å². The molecule has 7 rings (SSSR count). The number of aliphatic hydroxyl groups excluding tert-OH is 1. The monoisotopic (exact) mass is 570 g/mol. The zero-order valence-electron chi connectivity index (χ0n) is 22.9. The number of amides is 1. The topological polar surface area (TPSA) is 161 Å². The number of nitrogens with one attached hydrogen (secondary N) is 1. The first-order valence-electron chi connectivity index (χ1n) is 13.6. The Kier molecular flexibility index (Phi) is 7.47. The molecule has 42 heavy (non-hydrogen) atoms. The van der Waals surface area contributed by atoms with Crippen molar-refractivity contribution in [2.75, 3.05) is 38.3 Å². The maximum Gasteiger partial charge on any atom is 0.404 e. The number of piperazine rings is 1. The highest BCUT2D eigenvalue weighted by Crippen LogP contribution is 2.36. The van der Waals surface area contributed by atoms with Crippen LogP contribution in [-0.2, 0) is 6.54 Å². The SMILES string of the molecule is COc1ccc(CN2C3CC2CN(c2ccc(-c4cc(OC[C@H](O)CNC(=O)O)cn5ncc(C#N)c45)cn2)C3)cn1. The second-order valence-electron chi connectivity index (χ2n) is 10.4. The van der Waals surface area contributed by atoms with Crippen LogP contribution in [-0.4, -0.2) is 92.3 Å². The third-order valence-electron chi connectivity index (χ3n) is 7.74. The minimum atomic E-state index is -1.22. The molecule has 0 radical (unpaired) electrons. The first-order valence-corrected chi connectivity index (χ1v) is 13.6. The van der Waals surface area contributed by atoms with Gasteiger partial charge in [0.2, 0.25) is 5.88 Å². The Hall–Kier alpha value is -4.93. The lowest BCUT2D eigenvalue weighted by molar-refractivity contribution is -0.00876. The molecule has 1 amide bonds. The summed E-state index contributed by atoms with van der Waals surface area (Å²) < 4.78 is 12.5. The summed E-state index contributed by atoms with van der Waals surface area (Å²) in [5.74, 6) is 1.92. The second kappa shape index (κ2) is 11.5. The van der Waals surface area contributed by atoms with Crippen molar-refractivity contribution >= 4 is 17.4 Å². The molecule has 4 aromatic rings. The van der Waals surface area contributed by atoms with Crippen molar-refractivity contribution in [3.8, 4) is 28.8 Å². The summed E-state index contributed by atoms with van der Waals surface area (Å²) in [6, 6.07) is 12.8. The van der Waals surface area contributed by atoms with Crippen molar-refractivity contribution in [3.63, 3.8) is 0 Å². The van der Waals surface area contributed by atoms with Gasteiger partial charge in [-0.05, 0) is 30.2 Å². The van der Waals surface area contributed by atoms with Crippen molar-refractivity contribution in [1.82, 2.24) is 29.8 Å². The van der Waals surface area contributed by atoms with Crippen molar-refractivity contribution in [1.29, 1.82) is 5.26 Å². The van der Waals surface area contributed by atoms with Gasteiger partial charge in [0, 0.05) is 61.3 Å². The fraction of sp³-hybridized carbons (Fsp3) is 0.345. The molecule has 3 aliphatic heterocycles. The van der Waals surface area contributed by atoms with E-state index < -0.39 is 12.2 Å². The molecule has 0 aliphatic carbocycles. The number of aromatic nitrogens is 4. The van der Waals surface area contributed by atoms with Crippen LogP contribution in [0.2, 0.25) is 0 Å². The van der Waals surface area contributed by atoms with Gasteiger partial charge in [-0.15, -0.1) is 0 Å². The third kappa shape index (κ3) is 5.50. The molecule has 3 aliphatic rings. The van der Waals surface area contributed by atoms with Gasteiger partial charge in [-0.25, -0.2) is 19.3 Å². The number of methoxy groups -OCH3 is 1. The van der Waals surface area contributed by atoms with Crippen LogP contribution in [0.3, 0.4) is 0 Å². The Morgan fingerprint density at radius 2 is 2.02 bits per heavy atom. The predicted molar refractivity (Wildman–Crippen MR) is 151 cm³/mol. The maximum absolute atomic E-state index is 10.7. The van der Waals surface area contributed by atoms with Gasteiger partial charge in [-0.1, -0.05) is 6.07 Å².